The maximum atomic E-state index is 13.6. The molecule has 144 valence electrons. The Morgan fingerprint density at radius 2 is 2.14 bits per heavy atom. The van der Waals surface area contributed by atoms with Gasteiger partial charge in [-0.3, -0.25) is 9.69 Å². The molecule has 0 radical (unpaired) electrons. The Morgan fingerprint density at radius 1 is 1.32 bits per heavy atom. The van der Waals surface area contributed by atoms with Crippen LogP contribution in [0, 0.1) is 5.82 Å². The van der Waals surface area contributed by atoms with Crippen LogP contribution in [0.25, 0.3) is 11.3 Å². The molecule has 0 spiro atoms. The largest absolute Gasteiger partial charge is 0.480 e. The van der Waals surface area contributed by atoms with Gasteiger partial charge in [0, 0.05) is 55.1 Å². The molecule has 0 saturated heterocycles. The Kier molecular flexibility index (Phi) is 4.98. The standard InChI is InChI=1S/C19H18FN5O3/c20-14-3-1-2-13(6-14)18-15-11-25(5-4-16(15)28-24-18)10-12-7-21-19(22-8-12)23-9-17(26)27/h1-3,6-8H,4-5,9-11H2,(H,26,27)(H,21,22,23). The number of aromatic nitrogens is 3. The van der Waals surface area contributed by atoms with E-state index >= 15 is 0 Å². The van der Waals surface area contributed by atoms with Crippen molar-refractivity contribution in [3.63, 3.8) is 0 Å². The molecule has 28 heavy (non-hydrogen) atoms. The summed E-state index contributed by atoms with van der Waals surface area (Å²) in [5.74, 6) is -0.172. The van der Waals surface area contributed by atoms with E-state index in [9.17, 15) is 9.18 Å². The molecule has 3 heterocycles. The number of anilines is 1. The monoisotopic (exact) mass is 383 g/mol. The predicted octanol–water partition coefficient (Wildman–Crippen LogP) is 2.33. The molecule has 9 heteroatoms. The molecule has 2 aromatic heterocycles. The zero-order valence-electron chi connectivity index (χ0n) is 14.9. The number of rotatable bonds is 6. The van der Waals surface area contributed by atoms with Crippen molar-refractivity contribution >= 4 is 11.9 Å². The van der Waals surface area contributed by atoms with Crippen LogP contribution >= 0.6 is 0 Å². The van der Waals surface area contributed by atoms with Crippen molar-refractivity contribution in [2.45, 2.75) is 19.5 Å². The van der Waals surface area contributed by atoms with Crippen molar-refractivity contribution in [3.8, 4) is 11.3 Å². The summed E-state index contributed by atoms with van der Waals surface area (Å²) in [5, 5.41) is 15.4. The van der Waals surface area contributed by atoms with Gasteiger partial charge in [0.25, 0.3) is 0 Å². The van der Waals surface area contributed by atoms with Crippen LogP contribution in [0.15, 0.2) is 41.2 Å². The van der Waals surface area contributed by atoms with Gasteiger partial charge in [-0.15, -0.1) is 0 Å². The molecule has 8 nitrogen and oxygen atoms in total. The predicted molar refractivity (Wildman–Crippen MR) is 97.9 cm³/mol. The summed E-state index contributed by atoms with van der Waals surface area (Å²) in [6.07, 6.45) is 4.07. The lowest BCUT2D eigenvalue weighted by atomic mass is 10.0. The van der Waals surface area contributed by atoms with Gasteiger partial charge in [-0.25, -0.2) is 14.4 Å². The molecule has 0 bridgehead atoms. The lowest BCUT2D eigenvalue weighted by Crippen LogP contribution is -2.29. The van der Waals surface area contributed by atoms with Crippen molar-refractivity contribution < 1.29 is 18.8 Å². The first kappa shape index (κ1) is 18.1. The number of nitrogens with zero attached hydrogens (tertiary/aromatic N) is 4. The summed E-state index contributed by atoms with van der Waals surface area (Å²) >= 11 is 0. The second-order valence-corrected chi connectivity index (χ2v) is 6.57. The van der Waals surface area contributed by atoms with Gasteiger partial charge in [0.15, 0.2) is 0 Å². The van der Waals surface area contributed by atoms with E-state index in [1.807, 2.05) is 6.07 Å². The average molecular weight is 383 g/mol. The number of aliphatic carboxylic acids is 1. The van der Waals surface area contributed by atoms with Crippen molar-refractivity contribution in [2.75, 3.05) is 18.4 Å². The quantitative estimate of drug-likeness (QED) is 0.668. The van der Waals surface area contributed by atoms with Gasteiger partial charge in [-0.05, 0) is 12.1 Å². The van der Waals surface area contributed by atoms with Gasteiger partial charge in [0.2, 0.25) is 5.95 Å². The normalized spacial score (nSPS) is 13.9. The maximum absolute atomic E-state index is 13.6. The average Bonchev–Trinajstić information content (AvgIpc) is 3.11. The molecule has 0 aliphatic carbocycles. The van der Waals surface area contributed by atoms with Gasteiger partial charge in [0.1, 0.15) is 23.8 Å². The number of fused-ring (bicyclic) bond motifs is 1. The fourth-order valence-corrected chi connectivity index (χ4v) is 3.20. The zero-order valence-corrected chi connectivity index (χ0v) is 14.9. The van der Waals surface area contributed by atoms with Crippen LogP contribution in [0.5, 0.6) is 0 Å². The minimum Gasteiger partial charge on any atom is -0.480 e. The van der Waals surface area contributed by atoms with E-state index in [1.54, 1.807) is 18.5 Å². The molecule has 1 aliphatic heterocycles. The van der Waals surface area contributed by atoms with Crippen molar-refractivity contribution in [2.24, 2.45) is 0 Å². The minimum atomic E-state index is -0.973. The molecular formula is C19H18FN5O3. The molecule has 0 saturated carbocycles. The van der Waals surface area contributed by atoms with Gasteiger partial charge in [-0.1, -0.05) is 17.3 Å². The van der Waals surface area contributed by atoms with Gasteiger partial charge in [-0.2, -0.15) is 0 Å². The first-order valence-corrected chi connectivity index (χ1v) is 8.81. The van der Waals surface area contributed by atoms with Crippen LogP contribution in [0.2, 0.25) is 0 Å². The lowest BCUT2D eigenvalue weighted by Gasteiger charge is -2.25. The zero-order chi connectivity index (χ0) is 19.5. The number of nitrogens with one attached hydrogen (secondary N) is 1. The number of carboxylic acid groups (broad SMARTS) is 1. The van der Waals surface area contributed by atoms with Gasteiger partial charge < -0.3 is 14.9 Å². The van der Waals surface area contributed by atoms with Crippen LogP contribution in [0.3, 0.4) is 0 Å². The van der Waals surface area contributed by atoms with Gasteiger partial charge in [0.05, 0.1) is 0 Å². The van der Waals surface area contributed by atoms with E-state index in [2.05, 4.69) is 25.3 Å². The van der Waals surface area contributed by atoms with E-state index in [0.717, 1.165) is 29.9 Å². The lowest BCUT2D eigenvalue weighted by molar-refractivity contribution is -0.134. The number of hydrogen-bond donors (Lipinski definition) is 2. The molecule has 2 N–H and O–H groups in total. The number of carboxylic acids is 1. The molecule has 3 aromatic rings. The first-order chi connectivity index (χ1) is 13.6. The van der Waals surface area contributed by atoms with E-state index in [1.165, 1.54) is 12.1 Å². The van der Waals surface area contributed by atoms with E-state index in [-0.39, 0.29) is 18.3 Å². The van der Waals surface area contributed by atoms with Crippen molar-refractivity contribution in [3.05, 3.63) is 59.4 Å². The maximum Gasteiger partial charge on any atom is 0.322 e. The molecule has 0 unspecified atom stereocenters. The molecule has 0 atom stereocenters. The van der Waals surface area contributed by atoms with Crippen molar-refractivity contribution in [1.29, 1.82) is 0 Å². The second kappa shape index (κ2) is 7.73. The minimum absolute atomic E-state index is 0.232. The summed E-state index contributed by atoms with van der Waals surface area (Å²) in [7, 11) is 0. The summed E-state index contributed by atoms with van der Waals surface area (Å²) in [4.78, 5) is 21.1. The molecule has 0 amide bonds. The topological polar surface area (TPSA) is 104 Å². The summed E-state index contributed by atoms with van der Waals surface area (Å²) in [6.45, 7) is 1.82. The molecule has 4 rings (SSSR count). The van der Waals surface area contributed by atoms with Crippen LogP contribution in [0.4, 0.5) is 10.3 Å². The fourth-order valence-electron chi connectivity index (χ4n) is 3.20. The number of carbonyl (C=O) groups is 1. The molecular weight excluding hydrogens is 365 g/mol. The van der Waals surface area contributed by atoms with Gasteiger partial charge >= 0.3 is 5.97 Å². The van der Waals surface area contributed by atoms with E-state index in [0.29, 0.717) is 24.3 Å². The van der Waals surface area contributed by atoms with E-state index in [4.69, 9.17) is 9.63 Å². The highest BCUT2D eigenvalue weighted by Crippen LogP contribution is 2.30. The Labute approximate surface area is 160 Å². The Bertz CT molecular complexity index is 989. The highest BCUT2D eigenvalue weighted by atomic mass is 19.1. The molecule has 0 fully saturated rings. The summed E-state index contributed by atoms with van der Waals surface area (Å²) in [5.41, 5.74) is 3.25. The van der Waals surface area contributed by atoms with E-state index < -0.39 is 5.97 Å². The number of benzene rings is 1. The van der Waals surface area contributed by atoms with Crippen LogP contribution < -0.4 is 5.32 Å². The van der Waals surface area contributed by atoms with Crippen LogP contribution in [-0.4, -0.2) is 44.2 Å². The summed E-state index contributed by atoms with van der Waals surface area (Å²) < 4.78 is 19.0. The Hall–Kier alpha value is -3.33. The first-order valence-electron chi connectivity index (χ1n) is 8.81. The van der Waals surface area contributed by atoms with Crippen LogP contribution in [-0.2, 0) is 24.3 Å². The smallest absolute Gasteiger partial charge is 0.322 e. The molecule has 1 aromatic carbocycles. The van der Waals surface area contributed by atoms with Crippen LogP contribution in [0.1, 0.15) is 16.9 Å². The SMILES string of the molecule is O=C(O)CNc1ncc(CN2CCc3onc(-c4cccc(F)c4)c3C2)cn1. The molecule has 1 aliphatic rings. The Balaban J connectivity index is 1.45. The third kappa shape index (κ3) is 3.99. The summed E-state index contributed by atoms with van der Waals surface area (Å²) in [6, 6.07) is 6.32. The second-order valence-electron chi connectivity index (χ2n) is 6.57. The number of halogens is 1. The number of hydrogen-bond acceptors (Lipinski definition) is 7. The highest BCUT2D eigenvalue weighted by Gasteiger charge is 2.25. The Morgan fingerprint density at radius 3 is 2.89 bits per heavy atom. The third-order valence-electron chi connectivity index (χ3n) is 4.51. The van der Waals surface area contributed by atoms with Crippen molar-refractivity contribution in [1.82, 2.24) is 20.0 Å². The fraction of sp³-hybridized carbons (Fsp3) is 0.263. The highest BCUT2D eigenvalue weighted by molar-refractivity contribution is 5.71. The third-order valence-corrected chi connectivity index (χ3v) is 4.51.